The monoisotopic (exact) mass is 370 g/mol. The Bertz CT molecular complexity index is 667. The van der Waals surface area contributed by atoms with Crippen LogP contribution in [-0.2, 0) is 21.3 Å². The molecule has 1 aromatic rings. The minimum Gasteiger partial charge on any atom is -0.385 e. The highest BCUT2D eigenvalue weighted by atomic mass is 32.2. The van der Waals surface area contributed by atoms with Crippen molar-refractivity contribution in [2.24, 2.45) is 4.99 Å². The number of sulfonamides is 1. The first-order chi connectivity index (χ1) is 11.7. The quantitative estimate of drug-likeness (QED) is 0.366. The van der Waals surface area contributed by atoms with E-state index < -0.39 is 15.6 Å². The summed E-state index contributed by atoms with van der Waals surface area (Å²) in [6, 6.07) is 6.95. The first-order valence-electron chi connectivity index (χ1n) is 8.25. The molecule has 0 radical (unpaired) electrons. The lowest BCUT2D eigenvalue weighted by atomic mass is 10.1. The van der Waals surface area contributed by atoms with Gasteiger partial charge in [-0.15, -0.1) is 0 Å². The number of aliphatic imine (C=N–C) groups is 1. The Labute approximate surface area is 151 Å². The molecule has 0 atom stereocenters. The zero-order valence-electron chi connectivity index (χ0n) is 15.7. The van der Waals surface area contributed by atoms with Gasteiger partial charge in [0.2, 0.25) is 10.0 Å². The number of benzene rings is 1. The summed E-state index contributed by atoms with van der Waals surface area (Å²) in [5.74, 6) is 0.618. The third kappa shape index (κ3) is 7.85. The van der Waals surface area contributed by atoms with Crippen molar-refractivity contribution in [1.29, 1.82) is 0 Å². The molecule has 1 rings (SSSR count). The van der Waals surface area contributed by atoms with Crippen LogP contribution in [0.25, 0.3) is 0 Å². The van der Waals surface area contributed by atoms with Crippen LogP contribution in [0.2, 0.25) is 0 Å². The summed E-state index contributed by atoms with van der Waals surface area (Å²) >= 11 is 0. The maximum Gasteiger partial charge on any atom is 0.241 e. The van der Waals surface area contributed by atoms with Gasteiger partial charge in [0.1, 0.15) is 0 Å². The number of nitrogens with one attached hydrogen (secondary N) is 3. The average molecular weight is 371 g/mol. The Hall–Kier alpha value is -1.64. The topological polar surface area (TPSA) is 91.8 Å². The van der Waals surface area contributed by atoms with Gasteiger partial charge in [-0.25, -0.2) is 13.1 Å². The molecular weight excluding hydrogens is 340 g/mol. The summed E-state index contributed by atoms with van der Waals surface area (Å²) < 4.78 is 32.9. The number of hydrogen-bond donors (Lipinski definition) is 3. The van der Waals surface area contributed by atoms with Gasteiger partial charge in [0, 0.05) is 39.4 Å². The Balaban J connectivity index is 2.80. The number of methoxy groups -OCH3 is 1. The van der Waals surface area contributed by atoms with Crippen LogP contribution in [0.5, 0.6) is 0 Å². The van der Waals surface area contributed by atoms with E-state index in [-0.39, 0.29) is 4.90 Å². The van der Waals surface area contributed by atoms with Crippen molar-refractivity contribution in [2.75, 3.05) is 27.3 Å². The van der Waals surface area contributed by atoms with Crippen molar-refractivity contribution in [3.05, 3.63) is 29.8 Å². The Kier molecular flexibility index (Phi) is 8.34. The fourth-order valence-electron chi connectivity index (χ4n) is 2.19. The Morgan fingerprint density at radius 3 is 2.48 bits per heavy atom. The first kappa shape index (κ1) is 21.4. The molecule has 8 heteroatoms. The minimum atomic E-state index is -3.59. The summed E-state index contributed by atoms with van der Waals surface area (Å²) in [6.07, 6.45) is 0.859. The van der Waals surface area contributed by atoms with Crippen LogP contribution in [-0.4, -0.2) is 47.2 Å². The highest BCUT2D eigenvalue weighted by Crippen LogP contribution is 2.17. The highest BCUT2D eigenvalue weighted by Gasteiger charge is 2.24. The zero-order chi connectivity index (χ0) is 18.9. The summed E-state index contributed by atoms with van der Waals surface area (Å²) in [5.41, 5.74) is 0.136. The summed E-state index contributed by atoms with van der Waals surface area (Å²) in [7, 11) is -0.256. The first-order valence-corrected chi connectivity index (χ1v) is 9.73. The number of nitrogens with zero attached hydrogens (tertiary/aromatic N) is 1. The van der Waals surface area contributed by atoms with E-state index >= 15 is 0 Å². The second-order valence-electron chi connectivity index (χ2n) is 6.66. The van der Waals surface area contributed by atoms with Gasteiger partial charge in [0.05, 0.1) is 4.90 Å². The van der Waals surface area contributed by atoms with Gasteiger partial charge in [-0.2, -0.15) is 0 Å². The van der Waals surface area contributed by atoms with Gasteiger partial charge >= 0.3 is 0 Å². The van der Waals surface area contributed by atoms with Crippen LogP contribution in [0.4, 0.5) is 0 Å². The summed E-state index contributed by atoms with van der Waals surface area (Å²) in [6.45, 7) is 7.19. The van der Waals surface area contributed by atoms with Gasteiger partial charge < -0.3 is 15.4 Å². The van der Waals surface area contributed by atoms with Crippen LogP contribution in [0.15, 0.2) is 34.2 Å². The molecule has 7 nitrogen and oxygen atoms in total. The van der Waals surface area contributed by atoms with E-state index in [0.29, 0.717) is 24.7 Å². The predicted molar refractivity (Wildman–Crippen MR) is 101 cm³/mol. The number of hydrogen-bond acceptors (Lipinski definition) is 4. The maximum absolute atomic E-state index is 12.6. The molecule has 0 saturated heterocycles. The van der Waals surface area contributed by atoms with Gasteiger partial charge in [-0.3, -0.25) is 4.99 Å². The molecule has 0 aliphatic heterocycles. The van der Waals surface area contributed by atoms with E-state index in [1.165, 1.54) is 0 Å². The second kappa shape index (κ2) is 9.74. The van der Waals surface area contributed by atoms with Crippen molar-refractivity contribution in [1.82, 2.24) is 15.4 Å². The second-order valence-corrected chi connectivity index (χ2v) is 8.31. The van der Waals surface area contributed by atoms with Crippen LogP contribution >= 0.6 is 0 Å². The van der Waals surface area contributed by atoms with Crippen molar-refractivity contribution in [2.45, 2.75) is 44.2 Å². The van der Waals surface area contributed by atoms with Crippen LogP contribution in [0.3, 0.4) is 0 Å². The van der Waals surface area contributed by atoms with Crippen LogP contribution in [0, 0.1) is 0 Å². The van der Waals surface area contributed by atoms with E-state index in [2.05, 4.69) is 20.3 Å². The van der Waals surface area contributed by atoms with Crippen molar-refractivity contribution in [3.63, 3.8) is 0 Å². The third-order valence-electron chi connectivity index (χ3n) is 3.19. The van der Waals surface area contributed by atoms with Crippen LogP contribution in [0.1, 0.15) is 32.8 Å². The predicted octanol–water partition coefficient (Wildman–Crippen LogP) is 1.46. The van der Waals surface area contributed by atoms with Gasteiger partial charge in [-0.1, -0.05) is 18.2 Å². The van der Waals surface area contributed by atoms with E-state index in [9.17, 15) is 8.42 Å². The molecule has 1 aromatic carbocycles. The molecule has 0 bridgehead atoms. The molecule has 0 fully saturated rings. The molecule has 0 aromatic heterocycles. The lowest BCUT2D eigenvalue weighted by molar-refractivity contribution is 0.195. The normalized spacial score (nSPS) is 12.9. The molecule has 0 amide bonds. The van der Waals surface area contributed by atoms with Gasteiger partial charge in [-0.05, 0) is 38.8 Å². The molecule has 25 heavy (non-hydrogen) atoms. The minimum absolute atomic E-state index is 0.271. The fourth-order valence-corrected chi connectivity index (χ4v) is 3.85. The van der Waals surface area contributed by atoms with E-state index in [1.54, 1.807) is 32.4 Å². The maximum atomic E-state index is 12.6. The highest BCUT2D eigenvalue weighted by molar-refractivity contribution is 7.89. The zero-order valence-corrected chi connectivity index (χ0v) is 16.5. The van der Waals surface area contributed by atoms with E-state index in [1.807, 2.05) is 26.8 Å². The van der Waals surface area contributed by atoms with Crippen molar-refractivity contribution < 1.29 is 13.2 Å². The molecule has 0 aliphatic rings. The number of ether oxygens (including phenoxy) is 1. The van der Waals surface area contributed by atoms with Gasteiger partial charge in [0.25, 0.3) is 0 Å². The standard InChI is InChI=1S/C17H30N4O3S/c1-17(2,3)21-25(22,23)15-10-7-6-9-14(15)13-20-16(18-4)19-11-8-12-24-5/h6-7,9-10,21H,8,11-13H2,1-5H3,(H2,18,19,20). The molecular formula is C17H30N4O3S. The Morgan fingerprint density at radius 2 is 1.88 bits per heavy atom. The smallest absolute Gasteiger partial charge is 0.241 e. The molecule has 142 valence electrons. The van der Waals surface area contributed by atoms with Crippen molar-refractivity contribution >= 4 is 16.0 Å². The lowest BCUT2D eigenvalue weighted by Gasteiger charge is -2.22. The van der Waals surface area contributed by atoms with Crippen LogP contribution < -0.4 is 15.4 Å². The molecule has 0 heterocycles. The summed E-state index contributed by atoms with van der Waals surface area (Å²) in [5, 5.41) is 6.31. The van der Waals surface area contributed by atoms with E-state index in [0.717, 1.165) is 13.0 Å². The number of guanidine groups is 1. The molecule has 3 N–H and O–H groups in total. The SMILES string of the molecule is CN=C(NCCCOC)NCc1ccccc1S(=O)(=O)NC(C)(C)C. The molecule has 0 spiro atoms. The third-order valence-corrected chi connectivity index (χ3v) is 5.05. The molecule has 0 aliphatic carbocycles. The largest absolute Gasteiger partial charge is 0.385 e. The molecule has 0 saturated carbocycles. The summed E-state index contributed by atoms with van der Waals surface area (Å²) in [4.78, 5) is 4.41. The Morgan fingerprint density at radius 1 is 1.20 bits per heavy atom. The van der Waals surface area contributed by atoms with Crippen molar-refractivity contribution in [3.8, 4) is 0 Å². The van der Waals surface area contributed by atoms with E-state index in [4.69, 9.17) is 4.74 Å². The lowest BCUT2D eigenvalue weighted by Crippen LogP contribution is -2.41. The van der Waals surface area contributed by atoms with Gasteiger partial charge in [0.15, 0.2) is 5.96 Å². The average Bonchev–Trinajstić information content (AvgIpc) is 2.52. The molecule has 0 unspecified atom stereocenters. The number of rotatable bonds is 8. The fraction of sp³-hybridized carbons (Fsp3) is 0.588.